The van der Waals surface area contributed by atoms with Crippen molar-refractivity contribution in [1.82, 2.24) is 0 Å². The lowest BCUT2D eigenvalue weighted by Gasteiger charge is -2.07. The van der Waals surface area contributed by atoms with E-state index in [0.717, 1.165) is 0 Å². The van der Waals surface area contributed by atoms with Gasteiger partial charge in [0.05, 0.1) is 0 Å². The summed E-state index contributed by atoms with van der Waals surface area (Å²) in [5, 5.41) is 25.1. The van der Waals surface area contributed by atoms with Crippen molar-refractivity contribution in [1.29, 1.82) is 0 Å². The van der Waals surface area contributed by atoms with E-state index < -0.39 is 36.0 Å². The van der Waals surface area contributed by atoms with Gasteiger partial charge >= 0.3 is 17.9 Å². The van der Waals surface area contributed by atoms with E-state index in [2.05, 4.69) is 0 Å². The van der Waals surface area contributed by atoms with E-state index in [4.69, 9.17) is 32.5 Å². The van der Waals surface area contributed by atoms with E-state index in [1.807, 2.05) is 13.8 Å². The second kappa shape index (κ2) is 13.4. The minimum Gasteiger partial charge on any atom is -0.480 e. The largest absolute Gasteiger partial charge is 0.480 e. The Kier molecular flexibility index (Phi) is 14.2. The van der Waals surface area contributed by atoms with Crippen LogP contribution in [-0.4, -0.2) is 62.9 Å². The van der Waals surface area contributed by atoms with E-state index in [1.54, 1.807) is 0 Å². The molecule has 9 N–H and O–H groups in total. The van der Waals surface area contributed by atoms with Crippen LogP contribution in [0.15, 0.2) is 0 Å². The first-order valence-corrected chi connectivity index (χ1v) is 9.17. The molecule has 1 unspecified atom stereocenters. The summed E-state index contributed by atoms with van der Waals surface area (Å²) in [5.41, 5.74) is 15.6. The highest BCUT2D eigenvalue weighted by Crippen LogP contribution is 2.22. The van der Waals surface area contributed by atoms with Crippen LogP contribution in [-0.2, 0) is 14.4 Å². The maximum Gasteiger partial charge on any atom is 0.321 e. The Bertz CT molecular complexity index is 362. The number of carbonyl (C=O) groups is 3. The first kappa shape index (κ1) is 24.2. The molecule has 0 heterocycles. The smallest absolute Gasteiger partial charge is 0.321 e. The van der Waals surface area contributed by atoms with E-state index in [-0.39, 0.29) is 11.5 Å². The molecule has 23 heavy (non-hydrogen) atoms. The van der Waals surface area contributed by atoms with Crippen LogP contribution >= 0.6 is 21.6 Å². The summed E-state index contributed by atoms with van der Waals surface area (Å²) in [7, 11) is 2.41. The third-order valence-electron chi connectivity index (χ3n) is 2.26. The molecule has 0 amide bonds. The van der Waals surface area contributed by atoms with Crippen LogP contribution in [0.2, 0.25) is 0 Å². The van der Waals surface area contributed by atoms with Crippen LogP contribution in [0.3, 0.4) is 0 Å². The van der Waals surface area contributed by atoms with Crippen molar-refractivity contribution in [2.24, 2.45) is 23.1 Å². The number of carboxylic acids is 3. The molecule has 0 saturated carbocycles. The SMILES string of the molecule is CC(C)C[C@H](N)C(=O)O.NC(CSSC[C@H](N)C(=O)O)C(=O)O. The molecule has 9 nitrogen and oxygen atoms in total. The Labute approximate surface area is 142 Å². The fourth-order valence-corrected chi connectivity index (χ4v) is 3.22. The predicted octanol–water partition coefficient (Wildman–Crippen LogP) is -0.364. The number of aliphatic carboxylic acids is 3. The first-order valence-electron chi connectivity index (χ1n) is 6.68. The zero-order valence-electron chi connectivity index (χ0n) is 13.0. The number of carboxylic acid groups (broad SMARTS) is 3. The van der Waals surface area contributed by atoms with Gasteiger partial charge in [-0.3, -0.25) is 14.4 Å². The molecule has 0 aliphatic heterocycles. The number of rotatable bonds is 10. The van der Waals surface area contributed by atoms with E-state index in [9.17, 15) is 14.4 Å². The molecular formula is C12H25N3O6S2. The Morgan fingerprint density at radius 3 is 1.26 bits per heavy atom. The molecule has 0 aromatic heterocycles. The summed E-state index contributed by atoms with van der Waals surface area (Å²) in [5.74, 6) is -2.24. The van der Waals surface area contributed by atoms with Crippen LogP contribution in [0.1, 0.15) is 20.3 Å². The van der Waals surface area contributed by atoms with Crippen LogP contribution in [0.25, 0.3) is 0 Å². The Morgan fingerprint density at radius 2 is 1.09 bits per heavy atom. The lowest BCUT2D eigenvalue weighted by atomic mass is 10.1. The molecule has 11 heteroatoms. The lowest BCUT2D eigenvalue weighted by molar-refractivity contribution is -0.139. The van der Waals surface area contributed by atoms with Crippen LogP contribution < -0.4 is 17.2 Å². The van der Waals surface area contributed by atoms with Crippen molar-refractivity contribution in [3.8, 4) is 0 Å². The molecule has 0 aliphatic carbocycles. The fourth-order valence-electron chi connectivity index (χ4n) is 0.994. The summed E-state index contributed by atoms with van der Waals surface area (Å²) < 4.78 is 0. The van der Waals surface area contributed by atoms with Crippen molar-refractivity contribution in [2.75, 3.05) is 11.5 Å². The minimum absolute atomic E-state index is 0.229. The minimum atomic E-state index is -1.07. The average Bonchev–Trinajstić information content (AvgIpc) is 2.42. The predicted molar refractivity (Wildman–Crippen MR) is 91.2 cm³/mol. The summed E-state index contributed by atoms with van der Waals surface area (Å²) in [4.78, 5) is 30.6. The third kappa shape index (κ3) is 15.7. The standard InChI is InChI=1S/C6H12N2O4S2.C6H13NO2/c7-3(5(9)10)1-13-14-2-4(8)6(11)12;1-4(2)3-5(7)6(8)9/h3-4H,1-2,7-8H2,(H,9,10)(H,11,12);4-5H,3,7H2,1-2H3,(H,8,9)/t3-,4?;5-/m00/s1. The quantitative estimate of drug-likeness (QED) is 0.217. The molecule has 0 rings (SSSR count). The van der Waals surface area contributed by atoms with Gasteiger partial charge in [0, 0.05) is 11.5 Å². The molecule has 0 spiro atoms. The zero-order chi connectivity index (χ0) is 18.6. The first-order chi connectivity index (χ1) is 10.5. The van der Waals surface area contributed by atoms with Gasteiger partial charge in [-0.2, -0.15) is 0 Å². The number of hydrogen-bond acceptors (Lipinski definition) is 8. The van der Waals surface area contributed by atoms with E-state index >= 15 is 0 Å². The average molecular weight is 371 g/mol. The highest BCUT2D eigenvalue weighted by atomic mass is 33.1. The molecule has 0 saturated heterocycles. The monoisotopic (exact) mass is 371 g/mol. The molecule has 0 aromatic rings. The van der Waals surface area contributed by atoms with Gasteiger partial charge in [0.1, 0.15) is 18.1 Å². The zero-order valence-corrected chi connectivity index (χ0v) is 14.7. The van der Waals surface area contributed by atoms with Gasteiger partial charge in [-0.1, -0.05) is 35.4 Å². The van der Waals surface area contributed by atoms with Gasteiger partial charge < -0.3 is 32.5 Å². The molecule has 0 bridgehead atoms. The maximum absolute atomic E-state index is 10.3. The van der Waals surface area contributed by atoms with Crippen molar-refractivity contribution >= 4 is 39.5 Å². The molecule has 0 fully saturated rings. The van der Waals surface area contributed by atoms with Crippen molar-refractivity contribution in [2.45, 2.75) is 38.4 Å². The maximum atomic E-state index is 10.3. The normalized spacial score (nSPS) is 14.3. The third-order valence-corrected chi connectivity index (χ3v) is 4.73. The highest BCUT2D eigenvalue weighted by molar-refractivity contribution is 8.76. The molecule has 0 aromatic carbocycles. The second-order valence-corrected chi connectivity index (χ2v) is 7.59. The van der Waals surface area contributed by atoms with Crippen LogP contribution in [0.5, 0.6) is 0 Å². The summed E-state index contributed by atoms with van der Waals surface area (Å²) in [6.45, 7) is 3.89. The van der Waals surface area contributed by atoms with Gasteiger partial charge in [-0.15, -0.1) is 0 Å². The Hall–Kier alpha value is -1.01. The molecule has 0 radical (unpaired) electrons. The summed E-state index contributed by atoms with van der Waals surface area (Å²) >= 11 is 0. The van der Waals surface area contributed by atoms with Crippen molar-refractivity contribution < 1.29 is 29.7 Å². The van der Waals surface area contributed by atoms with Gasteiger partial charge in [-0.05, 0) is 12.3 Å². The lowest BCUT2D eigenvalue weighted by Crippen LogP contribution is -2.33. The van der Waals surface area contributed by atoms with Crippen LogP contribution in [0, 0.1) is 5.92 Å². The molecule has 136 valence electrons. The van der Waals surface area contributed by atoms with E-state index in [0.29, 0.717) is 12.3 Å². The fraction of sp³-hybridized carbons (Fsp3) is 0.750. The van der Waals surface area contributed by atoms with Crippen molar-refractivity contribution in [3.63, 3.8) is 0 Å². The molecule has 3 atom stereocenters. The Morgan fingerprint density at radius 1 is 0.783 bits per heavy atom. The van der Waals surface area contributed by atoms with E-state index in [1.165, 1.54) is 21.6 Å². The molecular weight excluding hydrogens is 346 g/mol. The number of hydrogen-bond donors (Lipinski definition) is 6. The molecule has 0 aliphatic rings. The van der Waals surface area contributed by atoms with Crippen molar-refractivity contribution in [3.05, 3.63) is 0 Å². The summed E-state index contributed by atoms with van der Waals surface area (Å²) in [6.07, 6.45) is 0.551. The number of nitrogens with two attached hydrogens (primary N) is 3. The second-order valence-electron chi connectivity index (χ2n) is 5.03. The van der Waals surface area contributed by atoms with Gasteiger partial charge in [0.15, 0.2) is 0 Å². The van der Waals surface area contributed by atoms with Gasteiger partial charge in [-0.25, -0.2) is 0 Å². The Balaban J connectivity index is 0. The highest BCUT2D eigenvalue weighted by Gasteiger charge is 2.14. The van der Waals surface area contributed by atoms with Crippen LogP contribution in [0.4, 0.5) is 0 Å². The summed E-state index contributed by atoms with van der Waals surface area (Å²) in [6, 6.07) is -2.54. The van der Waals surface area contributed by atoms with Gasteiger partial charge in [0.2, 0.25) is 0 Å². The topological polar surface area (TPSA) is 190 Å². The van der Waals surface area contributed by atoms with Gasteiger partial charge in [0.25, 0.3) is 0 Å².